The van der Waals surface area contributed by atoms with Crippen LogP contribution in [0.2, 0.25) is 0 Å². The molecule has 2 aromatic rings. The van der Waals surface area contributed by atoms with Gasteiger partial charge in [0, 0.05) is 24.3 Å². The second kappa shape index (κ2) is 8.30. The number of hydrogen-bond donors (Lipinski definition) is 1. The average molecular weight is 417 g/mol. The summed E-state index contributed by atoms with van der Waals surface area (Å²) in [5.74, 6) is -0.656. The van der Waals surface area contributed by atoms with Crippen molar-refractivity contribution in [3.63, 3.8) is 0 Å². The highest BCUT2D eigenvalue weighted by Gasteiger charge is 2.27. The third-order valence-corrected chi connectivity index (χ3v) is 6.97. The van der Waals surface area contributed by atoms with Gasteiger partial charge >= 0.3 is 0 Å². The number of sulfonamides is 1. The van der Waals surface area contributed by atoms with Crippen LogP contribution >= 0.6 is 0 Å². The van der Waals surface area contributed by atoms with E-state index >= 15 is 0 Å². The number of para-hydroxylation sites is 1. The number of aryl methyl sites for hydroxylation is 2. The zero-order chi connectivity index (χ0) is 21.2. The number of anilines is 1. The van der Waals surface area contributed by atoms with Crippen LogP contribution in [0.3, 0.4) is 0 Å². The second-order valence-corrected chi connectivity index (χ2v) is 9.06. The Bertz CT molecular complexity index is 1060. The minimum Gasteiger partial charge on any atom is -0.321 e. The van der Waals surface area contributed by atoms with Crippen molar-refractivity contribution in [2.24, 2.45) is 0 Å². The van der Waals surface area contributed by atoms with Gasteiger partial charge in [-0.15, -0.1) is 0 Å². The molecule has 154 valence electrons. The molecular weight excluding hydrogens is 394 g/mol. The van der Waals surface area contributed by atoms with E-state index in [9.17, 15) is 23.3 Å². The van der Waals surface area contributed by atoms with Crippen LogP contribution in [0.25, 0.3) is 0 Å². The summed E-state index contributed by atoms with van der Waals surface area (Å²) in [4.78, 5) is 23.6. The van der Waals surface area contributed by atoms with E-state index in [1.165, 1.54) is 22.5 Å². The Morgan fingerprint density at radius 3 is 2.41 bits per heavy atom. The number of rotatable bonds is 5. The lowest BCUT2D eigenvalue weighted by Gasteiger charge is -2.26. The predicted octanol–water partition coefficient (Wildman–Crippen LogP) is 3.64. The smallest absolute Gasteiger partial charge is 0.285 e. The fourth-order valence-corrected chi connectivity index (χ4v) is 4.97. The Labute approximate surface area is 169 Å². The molecule has 0 aliphatic carbocycles. The van der Waals surface area contributed by atoms with E-state index in [1.54, 1.807) is 32.0 Å². The fourth-order valence-electron chi connectivity index (χ4n) is 3.42. The maximum absolute atomic E-state index is 12.9. The Hall–Kier alpha value is -2.78. The molecule has 0 spiro atoms. The van der Waals surface area contributed by atoms with Crippen LogP contribution in [-0.4, -0.2) is 36.6 Å². The Morgan fingerprint density at radius 1 is 1.07 bits per heavy atom. The van der Waals surface area contributed by atoms with Gasteiger partial charge in [-0.1, -0.05) is 24.6 Å². The lowest BCUT2D eigenvalue weighted by atomic mass is 10.1. The lowest BCUT2D eigenvalue weighted by molar-refractivity contribution is -0.385. The zero-order valence-corrected chi connectivity index (χ0v) is 17.2. The van der Waals surface area contributed by atoms with E-state index < -0.39 is 20.9 Å². The molecule has 0 saturated carbocycles. The Morgan fingerprint density at radius 2 is 1.76 bits per heavy atom. The fraction of sp³-hybridized carbons (Fsp3) is 0.350. The number of nitrogens with zero attached hydrogens (tertiary/aromatic N) is 2. The third kappa shape index (κ3) is 4.30. The first-order valence-corrected chi connectivity index (χ1v) is 10.8. The second-order valence-electron chi connectivity index (χ2n) is 7.12. The summed E-state index contributed by atoms with van der Waals surface area (Å²) in [5.41, 5.74) is 1.01. The highest BCUT2D eigenvalue weighted by Crippen LogP contribution is 2.27. The highest BCUT2D eigenvalue weighted by atomic mass is 32.2. The first-order chi connectivity index (χ1) is 13.7. The van der Waals surface area contributed by atoms with Gasteiger partial charge in [0.1, 0.15) is 5.56 Å². The van der Waals surface area contributed by atoms with Gasteiger partial charge in [-0.25, -0.2) is 8.42 Å². The van der Waals surface area contributed by atoms with Crippen molar-refractivity contribution in [1.29, 1.82) is 0 Å². The van der Waals surface area contributed by atoms with Crippen molar-refractivity contribution in [3.05, 3.63) is 63.2 Å². The van der Waals surface area contributed by atoms with Gasteiger partial charge in [-0.2, -0.15) is 4.31 Å². The molecule has 0 atom stereocenters. The number of hydrogen-bond acceptors (Lipinski definition) is 5. The number of amides is 1. The van der Waals surface area contributed by atoms with Crippen LogP contribution in [0, 0.1) is 24.0 Å². The van der Waals surface area contributed by atoms with E-state index in [0.717, 1.165) is 19.3 Å². The average Bonchev–Trinajstić information content (AvgIpc) is 2.69. The van der Waals surface area contributed by atoms with Crippen LogP contribution in [0.4, 0.5) is 11.4 Å². The summed E-state index contributed by atoms with van der Waals surface area (Å²) < 4.78 is 27.3. The molecule has 8 nitrogen and oxygen atoms in total. The van der Waals surface area contributed by atoms with E-state index in [0.29, 0.717) is 29.9 Å². The van der Waals surface area contributed by atoms with E-state index in [1.807, 2.05) is 0 Å². The van der Waals surface area contributed by atoms with Crippen LogP contribution in [0.1, 0.15) is 40.7 Å². The monoisotopic (exact) mass is 417 g/mol. The molecule has 0 unspecified atom stereocenters. The van der Waals surface area contributed by atoms with Gasteiger partial charge in [0.2, 0.25) is 10.0 Å². The van der Waals surface area contributed by atoms with Crippen molar-refractivity contribution >= 4 is 27.3 Å². The van der Waals surface area contributed by atoms with E-state index in [-0.39, 0.29) is 16.1 Å². The summed E-state index contributed by atoms with van der Waals surface area (Å²) in [6.45, 7) is 4.25. The van der Waals surface area contributed by atoms with Gasteiger partial charge in [-0.3, -0.25) is 14.9 Å². The number of nitrogens with one attached hydrogen (secondary N) is 1. The molecule has 3 rings (SSSR count). The number of carbonyl (C=O) groups excluding carboxylic acids is 1. The summed E-state index contributed by atoms with van der Waals surface area (Å²) in [7, 11) is -3.66. The highest BCUT2D eigenvalue weighted by molar-refractivity contribution is 7.89. The number of nitro benzene ring substituents is 1. The summed E-state index contributed by atoms with van der Waals surface area (Å²) >= 11 is 0. The maximum atomic E-state index is 12.9. The van der Waals surface area contributed by atoms with Crippen molar-refractivity contribution in [3.8, 4) is 0 Å². The molecule has 0 aromatic heterocycles. The van der Waals surface area contributed by atoms with E-state index in [4.69, 9.17) is 0 Å². The maximum Gasteiger partial charge on any atom is 0.285 e. The molecule has 1 aliphatic heterocycles. The first kappa shape index (κ1) is 20.9. The van der Waals surface area contributed by atoms with Crippen LogP contribution in [0.5, 0.6) is 0 Å². The number of nitro groups is 1. The van der Waals surface area contributed by atoms with Crippen molar-refractivity contribution in [2.45, 2.75) is 38.0 Å². The number of carbonyl (C=O) groups is 1. The SMILES string of the molecule is Cc1ccc(S(=O)(=O)N2CCCCC2)cc1NC(=O)c1cccc(C)c1[N+](=O)[O-]. The van der Waals surface area contributed by atoms with Gasteiger partial charge in [0.25, 0.3) is 11.6 Å². The summed E-state index contributed by atoms with van der Waals surface area (Å²) in [6, 6.07) is 9.07. The lowest BCUT2D eigenvalue weighted by Crippen LogP contribution is -2.35. The topological polar surface area (TPSA) is 110 Å². The quantitative estimate of drug-likeness (QED) is 0.590. The first-order valence-electron chi connectivity index (χ1n) is 9.38. The van der Waals surface area contributed by atoms with Crippen molar-refractivity contribution < 1.29 is 18.1 Å². The summed E-state index contributed by atoms with van der Waals surface area (Å²) in [5, 5.41) is 14.0. The predicted molar refractivity (Wildman–Crippen MR) is 110 cm³/mol. The standard InChI is InChI=1S/C20H23N3O5S/c1-14-9-10-16(29(27,28)22-11-4-3-5-12-22)13-18(14)21-20(24)17-8-6-7-15(2)19(17)23(25)26/h6-10,13H,3-5,11-12H2,1-2H3,(H,21,24). The van der Waals surface area contributed by atoms with Gasteiger partial charge in [-0.05, 0) is 50.5 Å². The molecule has 0 bridgehead atoms. The molecule has 1 aliphatic rings. The molecule has 1 fully saturated rings. The van der Waals surface area contributed by atoms with Gasteiger partial charge in [0.05, 0.1) is 9.82 Å². The molecule has 1 N–H and O–H groups in total. The number of piperidine rings is 1. The molecule has 1 heterocycles. The van der Waals surface area contributed by atoms with E-state index in [2.05, 4.69) is 5.32 Å². The van der Waals surface area contributed by atoms with Gasteiger partial charge in [0.15, 0.2) is 0 Å². The minimum atomic E-state index is -3.66. The summed E-state index contributed by atoms with van der Waals surface area (Å²) in [6.07, 6.45) is 2.66. The molecule has 0 radical (unpaired) electrons. The van der Waals surface area contributed by atoms with Gasteiger partial charge < -0.3 is 5.32 Å². The van der Waals surface area contributed by atoms with Crippen molar-refractivity contribution in [1.82, 2.24) is 4.31 Å². The van der Waals surface area contributed by atoms with Crippen LogP contribution < -0.4 is 5.32 Å². The Balaban J connectivity index is 1.93. The molecule has 1 amide bonds. The normalized spacial score (nSPS) is 15.1. The minimum absolute atomic E-state index is 0.0707. The van der Waals surface area contributed by atoms with Crippen molar-refractivity contribution in [2.75, 3.05) is 18.4 Å². The zero-order valence-electron chi connectivity index (χ0n) is 16.3. The number of benzene rings is 2. The van der Waals surface area contributed by atoms with Crippen LogP contribution in [0.15, 0.2) is 41.3 Å². The molecule has 9 heteroatoms. The molecular formula is C20H23N3O5S. The molecule has 29 heavy (non-hydrogen) atoms. The molecule has 1 saturated heterocycles. The molecule has 2 aromatic carbocycles. The van der Waals surface area contributed by atoms with Crippen LogP contribution in [-0.2, 0) is 10.0 Å². The Kier molecular flexibility index (Phi) is 5.99. The third-order valence-electron chi connectivity index (χ3n) is 5.08. The largest absolute Gasteiger partial charge is 0.321 e.